The van der Waals surface area contributed by atoms with Crippen LogP contribution in [0.3, 0.4) is 0 Å². The van der Waals surface area contributed by atoms with Crippen molar-refractivity contribution in [3.8, 4) is 0 Å². The molecule has 0 amide bonds. The molecule has 2 aromatic carbocycles. The average Bonchev–Trinajstić information content (AvgIpc) is 3.05. The van der Waals surface area contributed by atoms with E-state index in [9.17, 15) is 0 Å². The van der Waals surface area contributed by atoms with Crippen molar-refractivity contribution >= 4 is 41.7 Å². The number of rotatable bonds is 3. The van der Waals surface area contributed by atoms with Crippen molar-refractivity contribution in [1.82, 2.24) is 0 Å². The molecule has 5 radical (unpaired) electrons. The summed E-state index contributed by atoms with van der Waals surface area (Å²) in [5, 5.41) is 3.01. The Morgan fingerprint density at radius 3 is 1.38 bits per heavy atom. The molecule has 0 unspecified atom stereocenters. The molecule has 129 valence electrons. The van der Waals surface area contributed by atoms with Gasteiger partial charge >= 0.3 is 37.5 Å². The van der Waals surface area contributed by atoms with E-state index in [0.717, 1.165) is 0 Å². The smallest absolute Gasteiger partial charge is 1.00 e. The summed E-state index contributed by atoms with van der Waals surface area (Å²) in [6.07, 6.45) is 8.70. The van der Waals surface area contributed by atoms with E-state index in [1.807, 2.05) is 0 Å². The van der Waals surface area contributed by atoms with Crippen LogP contribution in [0.5, 0.6) is 0 Å². The number of hydrogen-bond acceptors (Lipinski definition) is 0. The molecule has 1 saturated carbocycles. The van der Waals surface area contributed by atoms with Crippen LogP contribution in [0.4, 0.5) is 0 Å². The van der Waals surface area contributed by atoms with Gasteiger partial charge in [0.25, 0.3) is 0 Å². The summed E-state index contributed by atoms with van der Waals surface area (Å²) < 4.78 is 0. The Morgan fingerprint density at radius 2 is 1.04 bits per heavy atom. The second-order valence-corrected chi connectivity index (χ2v) is 7.28. The average molecular weight is 532 g/mol. The van der Waals surface area contributed by atoms with Crippen LogP contribution >= 0.6 is 31.1 Å². The van der Waals surface area contributed by atoms with E-state index in [1.54, 1.807) is 0 Å². The zero-order valence-electron chi connectivity index (χ0n) is 12.5. The van der Waals surface area contributed by atoms with Crippen LogP contribution in [-0.4, -0.2) is 5.34 Å². The molecule has 0 aromatic heterocycles. The molecule has 0 aliphatic heterocycles. The minimum Gasteiger partial charge on any atom is -1.00 e. The normalized spacial score (nSPS) is 13.0. The first-order valence-corrected chi connectivity index (χ1v) is 9.01. The van der Waals surface area contributed by atoms with E-state index in [2.05, 4.69) is 86.3 Å². The van der Waals surface area contributed by atoms with Gasteiger partial charge in [-0.1, -0.05) is 60.7 Å². The van der Waals surface area contributed by atoms with Crippen molar-refractivity contribution in [2.24, 2.45) is 0 Å². The molecule has 1 fully saturated rings. The monoisotopic (exact) mass is 530 g/mol. The molecule has 24 heavy (non-hydrogen) atoms. The minimum absolute atomic E-state index is 0. The van der Waals surface area contributed by atoms with Gasteiger partial charge in [-0.2, -0.15) is 0 Å². The second kappa shape index (κ2) is 16.1. The van der Waals surface area contributed by atoms with E-state index in [1.165, 1.54) is 16.3 Å². The molecule has 0 nitrogen and oxygen atoms in total. The first-order valence-electron chi connectivity index (χ1n) is 6.60. The van der Waals surface area contributed by atoms with E-state index in [4.69, 9.17) is 23.2 Å². The molecule has 3 rings (SSSR count). The summed E-state index contributed by atoms with van der Waals surface area (Å²) in [6, 6.07) is 21.6. The summed E-state index contributed by atoms with van der Waals surface area (Å²) in [5.74, 6) is 0. The van der Waals surface area contributed by atoms with E-state index >= 15 is 0 Å². The summed E-state index contributed by atoms with van der Waals surface area (Å²) in [4.78, 5) is 0. The number of benzene rings is 2. The van der Waals surface area contributed by atoms with Gasteiger partial charge in [-0.15, -0.1) is 23.2 Å². The molecule has 0 saturated heterocycles. The van der Waals surface area contributed by atoms with Crippen molar-refractivity contribution in [2.45, 2.75) is 0 Å². The fourth-order valence-corrected chi connectivity index (χ4v) is 4.42. The third-order valence-electron chi connectivity index (χ3n) is 2.93. The maximum absolute atomic E-state index is 4.76. The molecule has 0 spiro atoms. The van der Waals surface area contributed by atoms with Gasteiger partial charge in [-0.3, -0.25) is 0 Å². The molecule has 0 N–H and O–H groups in total. The van der Waals surface area contributed by atoms with Crippen LogP contribution in [0, 0.1) is 31.3 Å². The van der Waals surface area contributed by atoms with Gasteiger partial charge in [-0.05, 0) is 44.2 Å². The number of halogens is 3. The predicted octanol–water partition coefficient (Wildman–Crippen LogP) is 1.90. The van der Waals surface area contributed by atoms with Crippen LogP contribution in [0.25, 0.3) is 0 Å². The molecular formula is C18H16Cl3FePPd+3. The van der Waals surface area contributed by atoms with Gasteiger partial charge in [0.2, 0.25) is 0 Å². The number of hydrogen-bond donors (Lipinski definition) is 0. The first-order chi connectivity index (χ1) is 10.4. The molecule has 0 heterocycles. The maximum atomic E-state index is 4.76. The molecule has 1 aliphatic carbocycles. The fraction of sp³-hybridized carbons (Fsp3) is 0.0556. The van der Waals surface area contributed by atoms with Crippen molar-refractivity contribution in [2.75, 3.05) is 5.34 Å². The summed E-state index contributed by atoms with van der Waals surface area (Å²) >= 11 is 9.53. The Kier molecular flexibility index (Phi) is 18.2. The quantitative estimate of drug-likeness (QED) is 0.323. The van der Waals surface area contributed by atoms with Crippen LogP contribution in [0.1, 0.15) is 0 Å². The number of alkyl halides is 2. The van der Waals surface area contributed by atoms with Gasteiger partial charge in [-0.25, -0.2) is 0 Å². The Morgan fingerprint density at radius 1 is 0.708 bits per heavy atom. The largest absolute Gasteiger partial charge is 2.00 e. The molecule has 2 aromatic rings. The van der Waals surface area contributed by atoms with Crippen molar-refractivity contribution in [3.63, 3.8) is 0 Å². The zero-order chi connectivity index (χ0) is 14.9. The van der Waals surface area contributed by atoms with Crippen molar-refractivity contribution in [3.05, 3.63) is 92.0 Å². The van der Waals surface area contributed by atoms with Crippen LogP contribution in [-0.2, 0) is 37.5 Å². The van der Waals surface area contributed by atoms with Gasteiger partial charge in [0.15, 0.2) is 0 Å². The van der Waals surface area contributed by atoms with E-state index in [0.29, 0.717) is 0 Å². The molecule has 0 bridgehead atoms. The molecular weight excluding hydrogens is 516 g/mol. The zero-order valence-corrected chi connectivity index (χ0v) is 18.4. The van der Waals surface area contributed by atoms with Crippen LogP contribution in [0.15, 0.2) is 60.7 Å². The maximum Gasteiger partial charge on any atom is 2.00 e. The Balaban J connectivity index is 0. The third-order valence-corrected chi connectivity index (χ3v) is 5.38. The SMILES string of the molecule is ClCCl.[CH]1[CH][CH][C](P(c2ccccc2)c2ccccc2)[CH]1.[Cl-].[Fe+2].[Pd+2]. The topological polar surface area (TPSA) is 0 Å². The third kappa shape index (κ3) is 8.54. The predicted molar refractivity (Wildman–Crippen MR) is 96.1 cm³/mol. The standard InChI is InChI=1S/C17H14P.CH2Cl2.ClH.Fe.Pd/c1-3-9-15(10-4-1)18(17-13-7-8-14-17)16-11-5-2-6-12-16;2-1-3;;;/h1-14H;1H2;1H;;/q;;;2*+2/p-1. The first kappa shape index (κ1) is 27.1. The van der Waals surface area contributed by atoms with Crippen molar-refractivity contribution < 1.29 is 49.9 Å². The Labute approximate surface area is 187 Å². The van der Waals surface area contributed by atoms with E-state index in [-0.39, 0.29) is 55.2 Å². The fourth-order valence-electron chi connectivity index (χ4n) is 2.11. The van der Waals surface area contributed by atoms with E-state index < -0.39 is 7.92 Å². The second-order valence-electron chi connectivity index (χ2n) is 4.25. The van der Waals surface area contributed by atoms with Crippen molar-refractivity contribution in [1.29, 1.82) is 0 Å². The van der Waals surface area contributed by atoms with Gasteiger partial charge < -0.3 is 12.4 Å². The summed E-state index contributed by atoms with van der Waals surface area (Å²) in [6.45, 7) is 0. The summed E-state index contributed by atoms with van der Waals surface area (Å²) in [5.41, 5.74) is 1.42. The van der Waals surface area contributed by atoms with Crippen LogP contribution in [0.2, 0.25) is 0 Å². The van der Waals surface area contributed by atoms with Crippen LogP contribution < -0.4 is 23.0 Å². The van der Waals surface area contributed by atoms with Gasteiger partial charge in [0.05, 0.1) is 5.34 Å². The van der Waals surface area contributed by atoms with Gasteiger partial charge in [0.1, 0.15) is 0 Å². The molecule has 1 aliphatic rings. The molecule has 6 heteroatoms. The Hall–Kier alpha value is 0.922. The summed E-state index contributed by atoms with van der Waals surface area (Å²) in [7, 11) is -0.409. The Bertz CT molecular complexity index is 471. The minimum atomic E-state index is -0.409. The van der Waals surface area contributed by atoms with Gasteiger partial charge in [0, 0.05) is 5.66 Å². The molecule has 0 atom stereocenters.